The fourth-order valence-corrected chi connectivity index (χ4v) is 2.10. The minimum Gasteiger partial charge on any atom is -0.452 e. The van der Waals surface area contributed by atoms with Crippen molar-refractivity contribution in [3.63, 3.8) is 0 Å². The van der Waals surface area contributed by atoms with Crippen LogP contribution in [0.25, 0.3) is 17.5 Å². The molecule has 0 unspecified atom stereocenters. The smallest absolute Gasteiger partial charge is 0.331 e. The standard InChI is InChI=1S/C18H12FN3O5/c19-15-4-2-1-3-12(15)7-10-17(23)26-11-16-20-21-18(27-16)13-5-8-14(9-6-13)22(24)25/h1-10H,11H2/b10-7+. The Kier molecular flexibility index (Phi) is 5.31. The van der Waals surface area contributed by atoms with E-state index >= 15 is 0 Å². The number of rotatable bonds is 6. The fraction of sp³-hybridized carbons (Fsp3) is 0.0556. The Morgan fingerprint density at radius 3 is 2.63 bits per heavy atom. The number of nitro benzene ring substituents is 1. The highest BCUT2D eigenvalue weighted by Gasteiger charge is 2.12. The van der Waals surface area contributed by atoms with E-state index in [1.165, 1.54) is 42.5 Å². The Labute approximate surface area is 152 Å². The molecule has 0 N–H and O–H groups in total. The van der Waals surface area contributed by atoms with Gasteiger partial charge >= 0.3 is 5.97 Å². The largest absolute Gasteiger partial charge is 0.452 e. The van der Waals surface area contributed by atoms with Gasteiger partial charge in [-0.1, -0.05) is 18.2 Å². The van der Waals surface area contributed by atoms with Crippen LogP contribution in [0, 0.1) is 15.9 Å². The minimum atomic E-state index is -0.701. The normalized spacial score (nSPS) is 10.9. The van der Waals surface area contributed by atoms with Crippen LogP contribution < -0.4 is 0 Å². The number of non-ortho nitro benzene ring substituents is 1. The number of carbonyl (C=O) groups excluding carboxylic acids is 1. The Hall–Kier alpha value is -3.88. The highest BCUT2D eigenvalue weighted by Crippen LogP contribution is 2.21. The third-order valence-corrected chi connectivity index (χ3v) is 3.43. The van der Waals surface area contributed by atoms with Crippen molar-refractivity contribution in [1.82, 2.24) is 10.2 Å². The van der Waals surface area contributed by atoms with Gasteiger partial charge in [-0.2, -0.15) is 0 Å². The molecule has 2 aromatic carbocycles. The van der Waals surface area contributed by atoms with Crippen LogP contribution in [-0.2, 0) is 16.1 Å². The van der Waals surface area contributed by atoms with Crippen molar-refractivity contribution in [3.05, 3.63) is 82.0 Å². The molecule has 0 fully saturated rings. The molecule has 1 aromatic heterocycles. The summed E-state index contributed by atoms with van der Waals surface area (Å²) in [6, 6.07) is 11.6. The van der Waals surface area contributed by atoms with Crippen LogP contribution in [-0.4, -0.2) is 21.1 Å². The average Bonchev–Trinajstić information content (AvgIpc) is 3.15. The molecule has 3 rings (SSSR count). The minimum absolute atomic E-state index is 0.0518. The van der Waals surface area contributed by atoms with Crippen molar-refractivity contribution in [1.29, 1.82) is 0 Å². The van der Waals surface area contributed by atoms with E-state index in [9.17, 15) is 19.3 Å². The third-order valence-electron chi connectivity index (χ3n) is 3.43. The van der Waals surface area contributed by atoms with Crippen molar-refractivity contribution >= 4 is 17.7 Å². The first kappa shape index (κ1) is 17.9. The molecule has 0 radical (unpaired) electrons. The number of nitro groups is 1. The van der Waals surface area contributed by atoms with Crippen molar-refractivity contribution in [2.45, 2.75) is 6.61 Å². The second-order valence-corrected chi connectivity index (χ2v) is 5.27. The zero-order chi connectivity index (χ0) is 19.2. The Balaban J connectivity index is 1.58. The number of hydrogen-bond donors (Lipinski definition) is 0. The van der Waals surface area contributed by atoms with Crippen LogP contribution in [0.4, 0.5) is 10.1 Å². The van der Waals surface area contributed by atoms with Gasteiger partial charge in [-0.05, 0) is 24.3 Å². The zero-order valence-corrected chi connectivity index (χ0v) is 13.7. The summed E-state index contributed by atoms with van der Waals surface area (Å²) in [6.45, 7) is -0.263. The lowest BCUT2D eigenvalue weighted by Gasteiger charge is -1.98. The highest BCUT2D eigenvalue weighted by molar-refractivity contribution is 5.87. The van der Waals surface area contributed by atoms with E-state index in [0.29, 0.717) is 5.56 Å². The molecule has 9 heteroatoms. The predicted molar refractivity (Wildman–Crippen MR) is 91.6 cm³/mol. The zero-order valence-electron chi connectivity index (χ0n) is 13.7. The molecule has 27 heavy (non-hydrogen) atoms. The SMILES string of the molecule is O=C(/C=C/c1ccccc1F)OCc1nnc(-c2ccc([N+](=O)[O-])cc2)o1. The van der Waals surface area contributed by atoms with Crippen molar-refractivity contribution in [3.8, 4) is 11.5 Å². The number of esters is 1. The number of aromatic nitrogens is 2. The second kappa shape index (κ2) is 8.00. The van der Waals surface area contributed by atoms with E-state index in [1.807, 2.05) is 0 Å². The maximum atomic E-state index is 13.5. The first-order valence-electron chi connectivity index (χ1n) is 7.69. The van der Waals surface area contributed by atoms with Crippen LogP contribution in [0.1, 0.15) is 11.5 Å². The second-order valence-electron chi connectivity index (χ2n) is 5.27. The van der Waals surface area contributed by atoms with Crippen LogP contribution in [0.15, 0.2) is 59.0 Å². The quantitative estimate of drug-likeness (QED) is 0.283. The summed E-state index contributed by atoms with van der Waals surface area (Å²) in [5.74, 6) is -0.964. The summed E-state index contributed by atoms with van der Waals surface area (Å²) < 4.78 is 23.8. The molecule has 136 valence electrons. The molecule has 0 aliphatic heterocycles. The number of nitrogens with zero attached hydrogens (tertiary/aromatic N) is 3. The summed E-state index contributed by atoms with van der Waals surface area (Å²) in [7, 11) is 0. The molecule has 1 heterocycles. The topological polar surface area (TPSA) is 108 Å². The van der Waals surface area contributed by atoms with E-state index in [2.05, 4.69) is 10.2 Å². The molecule has 0 spiro atoms. The molecule has 0 amide bonds. The molecule has 0 saturated heterocycles. The van der Waals surface area contributed by atoms with Crippen molar-refractivity contribution in [2.24, 2.45) is 0 Å². The van der Waals surface area contributed by atoms with Crippen LogP contribution in [0.2, 0.25) is 0 Å². The Bertz CT molecular complexity index is 998. The van der Waals surface area contributed by atoms with E-state index in [1.54, 1.807) is 12.1 Å². The molecular formula is C18H12FN3O5. The number of benzene rings is 2. The Morgan fingerprint density at radius 1 is 1.19 bits per heavy atom. The summed E-state index contributed by atoms with van der Waals surface area (Å²) in [5, 5.41) is 18.2. The van der Waals surface area contributed by atoms with E-state index in [4.69, 9.17) is 9.15 Å². The van der Waals surface area contributed by atoms with Gasteiger partial charge in [-0.3, -0.25) is 10.1 Å². The molecule has 0 saturated carbocycles. The van der Waals surface area contributed by atoms with Gasteiger partial charge in [0.2, 0.25) is 5.89 Å². The third kappa shape index (κ3) is 4.60. The molecule has 3 aromatic rings. The highest BCUT2D eigenvalue weighted by atomic mass is 19.1. The first-order chi connectivity index (χ1) is 13.0. The van der Waals surface area contributed by atoms with Gasteiger partial charge in [0.1, 0.15) is 5.82 Å². The average molecular weight is 369 g/mol. The van der Waals surface area contributed by atoms with Crippen LogP contribution in [0.5, 0.6) is 0 Å². The summed E-state index contributed by atoms with van der Waals surface area (Å²) in [4.78, 5) is 21.8. The summed E-state index contributed by atoms with van der Waals surface area (Å²) >= 11 is 0. The van der Waals surface area contributed by atoms with Gasteiger partial charge < -0.3 is 9.15 Å². The lowest BCUT2D eigenvalue weighted by Crippen LogP contribution is -2.01. The van der Waals surface area contributed by atoms with Gasteiger partial charge in [0.15, 0.2) is 6.61 Å². The van der Waals surface area contributed by atoms with Gasteiger partial charge in [0.25, 0.3) is 11.6 Å². The van der Waals surface area contributed by atoms with Gasteiger partial charge in [-0.15, -0.1) is 10.2 Å². The van der Waals surface area contributed by atoms with Gasteiger partial charge in [-0.25, -0.2) is 9.18 Å². The summed E-state index contributed by atoms with van der Waals surface area (Å²) in [5.41, 5.74) is 0.687. The maximum Gasteiger partial charge on any atom is 0.331 e. The van der Waals surface area contributed by atoms with Crippen molar-refractivity contribution in [2.75, 3.05) is 0 Å². The van der Waals surface area contributed by atoms with Crippen molar-refractivity contribution < 1.29 is 23.3 Å². The van der Waals surface area contributed by atoms with Gasteiger partial charge in [0.05, 0.1) is 4.92 Å². The molecule has 8 nitrogen and oxygen atoms in total. The van der Waals surface area contributed by atoms with Crippen LogP contribution >= 0.6 is 0 Å². The molecule has 0 aliphatic carbocycles. The number of carbonyl (C=O) groups is 1. The maximum absolute atomic E-state index is 13.5. The molecule has 0 bridgehead atoms. The lowest BCUT2D eigenvalue weighted by atomic mass is 10.2. The fourth-order valence-electron chi connectivity index (χ4n) is 2.10. The number of ether oxygens (including phenoxy) is 1. The van der Waals surface area contributed by atoms with E-state index < -0.39 is 16.7 Å². The lowest BCUT2D eigenvalue weighted by molar-refractivity contribution is -0.384. The monoisotopic (exact) mass is 369 g/mol. The Morgan fingerprint density at radius 2 is 1.93 bits per heavy atom. The molecule has 0 atom stereocenters. The van der Waals surface area contributed by atoms with E-state index in [-0.39, 0.29) is 29.6 Å². The molecular weight excluding hydrogens is 357 g/mol. The molecule has 0 aliphatic rings. The number of hydrogen-bond acceptors (Lipinski definition) is 7. The first-order valence-corrected chi connectivity index (χ1v) is 7.69. The number of halogens is 1. The van der Waals surface area contributed by atoms with Crippen LogP contribution in [0.3, 0.4) is 0 Å². The summed E-state index contributed by atoms with van der Waals surface area (Å²) in [6.07, 6.45) is 2.39. The van der Waals surface area contributed by atoms with Gasteiger partial charge in [0, 0.05) is 29.3 Å². The predicted octanol–water partition coefficient (Wildman–Crippen LogP) is 3.54. The van der Waals surface area contributed by atoms with E-state index in [0.717, 1.165) is 6.08 Å².